The Morgan fingerprint density at radius 2 is 1.71 bits per heavy atom. The fourth-order valence-corrected chi connectivity index (χ4v) is 1.65. The molecule has 0 fully saturated rings. The summed E-state index contributed by atoms with van der Waals surface area (Å²) in [6.07, 6.45) is -0.241. The molecule has 2 N–H and O–H groups in total. The molecule has 2 unspecified atom stereocenters. The lowest BCUT2D eigenvalue weighted by Crippen LogP contribution is -2.35. The Labute approximate surface area is 86.1 Å². The fraction of sp³-hybridized carbons (Fsp3) is 0.909. The smallest absolute Gasteiger partial charge is 0.309 e. The second-order valence-corrected chi connectivity index (χ2v) is 5.44. The molecule has 0 aliphatic heterocycles. The maximum Gasteiger partial charge on any atom is 0.309 e. The van der Waals surface area contributed by atoms with Gasteiger partial charge in [-0.2, -0.15) is 0 Å². The zero-order valence-corrected chi connectivity index (χ0v) is 9.74. The van der Waals surface area contributed by atoms with Gasteiger partial charge in [0.2, 0.25) is 0 Å². The summed E-state index contributed by atoms with van der Waals surface area (Å²) in [6, 6.07) is 0. The highest BCUT2D eigenvalue weighted by Gasteiger charge is 2.32. The van der Waals surface area contributed by atoms with Crippen LogP contribution in [0.15, 0.2) is 0 Å². The number of aliphatic hydroxyl groups excluding tert-OH is 1. The first-order valence-electron chi connectivity index (χ1n) is 5.06. The van der Waals surface area contributed by atoms with Crippen molar-refractivity contribution < 1.29 is 15.0 Å². The minimum Gasteiger partial charge on any atom is -0.481 e. The molecule has 0 saturated heterocycles. The number of aliphatic carboxylic acids is 1. The molecule has 0 heterocycles. The summed E-state index contributed by atoms with van der Waals surface area (Å²) in [5, 5.41) is 18.8. The van der Waals surface area contributed by atoms with Crippen molar-refractivity contribution in [2.24, 2.45) is 17.3 Å². The third kappa shape index (κ3) is 4.61. The van der Waals surface area contributed by atoms with E-state index in [2.05, 4.69) is 0 Å². The Bertz CT molecular complexity index is 191. The Morgan fingerprint density at radius 3 is 1.93 bits per heavy atom. The second kappa shape index (κ2) is 4.78. The lowest BCUT2D eigenvalue weighted by molar-refractivity contribution is -0.148. The lowest BCUT2D eigenvalue weighted by Gasteiger charge is -2.28. The first-order valence-corrected chi connectivity index (χ1v) is 5.06. The summed E-state index contributed by atoms with van der Waals surface area (Å²) in [6.45, 7) is 9.63. The molecular weight excluding hydrogens is 180 g/mol. The van der Waals surface area contributed by atoms with Crippen molar-refractivity contribution in [2.45, 2.75) is 47.1 Å². The number of rotatable bonds is 4. The highest BCUT2D eigenvalue weighted by Crippen LogP contribution is 2.27. The number of carboxylic acids is 1. The van der Waals surface area contributed by atoms with Crippen LogP contribution in [-0.4, -0.2) is 22.3 Å². The van der Waals surface area contributed by atoms with Crippen molar-refractivity contribution in [2.75, 3.05) is 0 Å². The van der Waals surface area contributed by atoms with Gasteiger partial charge < -0.3 is 10.2 Å². The molecule has 0 amide bonds. The van der Waals surface area contributed by atoms with Gasteiger partial charge in [-0.25, -0.2) is 0 Å². The molecule has 0 aromatic rings. The van der Waals surface area contributed by atoms with Crippen molar-refractivity contribution in [3.63, 3.8) is 0 Å². The number of hydrogen-bond donors (Lipinski definition) is 2. The van der Waals surface area contributed by atoms with E-state index in [1.165, 1.54) is 0 Å². The van der Waals surface area contributed by atoms with E-state index in [1.54, 1.807) is 0 Å². The van der Waals surface area contributed by atoms with Crippen molar-refractivity contribution >= 4 is 5.97 Å². The van der Waals surface area contributed by atoms with Crippen molar-refractivity contribution in [3.8, 4) is 0 Å². The molecule has 0 aliphatic rings. The Hall–Kier alpha value is -0.570. The molecule has 0 aromatic carbocycles. The summed E-state index contributed by atoms with van der Waals surface area (Å²) in [4.78, 5) is 10.9. The Kier molecular flexibility index (Phi) is 4.59. The van der Waals surface area contributed by atoms with E-state index >= 15 is 0 Å². The van der Waals surface area contributed by atoms with Gasteiger partial charge in [-0.15, -0.1) is 0 Å². The SMILES string of the molecule is CC(C)C(C(=O)O)C(O)CC(C)(C)C. The molecule has 0 bridgehead atoms. The predicted molar refractivity (Wildman–Crippen MR) is 56.0 cm³/mol. The molecule has 0 aliphatic carbocycles. The maximum absolute atomic E-state index is 10.9. The van der Waals surface area contributed by atoms with Gasteiger partial charge >= 0.3 is 5.97 Å². The van der Waals surface area contributed by atoms with Gasteiger partial charge in [-0.1, -0.05) is 34.6 Å². The van der Waals surface area contributed by atoms with E-state index < -0.39 is 18.0 Å². The molecule has 0 saturated carbocycles. The molecule has 0 spiro atoms. The van der Waals surface area contributed by atoms with Crippen molar-refractivity contribution in [3.05, 3.63) is 0 Å². The largest absolute Gasteiger partial charge is 0.481 e. The zero-order valence-electron chi connectivity index (χ0n) is 9.74. The standard InChI is InChI=1S/C11H22O3/c1-7(2)9(10(13)14)8(12)6-11(3,4)5/h7-9,12H,6H2,1-5H3,(H,13,14). The average molecular weight is 202 g/mol. The first-order chi connectivity index (χ1) is 6.15. The number of carboxylic acid groups (broad SMARTS) is 1. The van der Waals surface area contributed by atoms with E-state index in [9.17, 15) is 9.90 Å². The summed E-state index contributed by atoms with van der Waals surface area (Å²) in [7, 11) is 0. The van der Waals surface area contributed by atoms with E-state index in [4.69, 9.17) is 5.11 Å². The van der Waals surface area contributed by atoms with Gasteiger partial charge in [0.1, 0.15) is 0 Å². The highest BCUT2D eigenvalue weighted by atomic mass is 16.4. The topological polar surface area (TPSA) is 57.5 Å². The maximum atomic E-state index is 10.9. The minimum atomic E-state index is -0.906. The van der Waals surface area contributed by atoms with Gasteiger partial charge in [-0.3, -0.25) is 4.79 Å². The van der Waals surface area contributed by atoms with Crippen LogP contribution in [0.5, 0.6) is 0 Å². The molecular formula is C11H22O3. The minimum absolute atomic E-state index is 0.0372. The monoisotopic (exact) mass is 202 g/mol. The Balaban J connectivity index is 4.46. The van der Waals surface area contributed by atoms with E-state index in [1.807, 2.05) is 34.6 Å². The van der Waals surface area contributed by atoms with Gasteiger partial charge in [0.15, 0.2) is 0 Å². The number of aliphatic hydroxyl groups is 1. The molecule has 3 heteroatoms. The molecule has 14 heavy (non-hydrogen) atoms. The van der Waals surface area contributed by atoms with Crippen molar-refractivity contribution in [1.82, 2.24) is 0 Å². The number of hydrogen-bond acceptors (Lipinski definition) is 2. The summed E-state index contributed by atoms with van der Waals surface area (Å²) >= 11 is 0. The third-order valence-corrected chi connectivity index (χ3v) is 2.24. The quantitative estimate of drug-likeness (QED) is 0.734. The van der Waals surface area contributed by atoms with Crippen LogP contribution in [0, 0.1) is 17.3 Å². The highest BCUT2D eigenvalue weighted by molar-refractivity contribution is 5.71. The summed E-state index contributed by atoms with van der Waals surface area (Å²) < 4.78 is 0. The molecule has 2 atom stereocenters. The van der Waals surface area contributed by atoms with Crippen molar-refractivity contribution in [1.29, 1.82) is 0 Å². The van der Waals surface area contributed by atoms with Gasteiger partial charge in [0.25, 0.3) is 0 Å². The van der Waals surface area contributed by atoms with E-state index in [-0.39, 0.29) is 11.3 Å². The van der Waals surface area contributed by atoms with Gasteiger partial charge in [-0.05, 0) is 17.8 Å². The third-order valence-electron chi connectivity index (χ3n) is 2.24. The summed E-state index contributed by atoms with van der Waals surface area (Å²) in [5.41, 5.74) is -0.0397. The predicted octanol–water partition coefficient (Wildman–Crippen LogP) is 2.14. The van der Waals surface area contributed by atoms with Crippen LogP contribution in [0.3, 0.4) is 0 Å². The van der Waals surface area contributed by atoms with Crippen LogP contribution in [0.4, 0.5) is 0 Å². The van der Waals surface area contributed by atoms with Crippen LogP contribution in [0.1, 0.15) is 41.0 Å². The molecule has 0 rings (SSSR count). The van der Waals surface area contributed by atoms with Crippen LogP contribution in [0.25, 0.3) is 0 Å². The average Bonchev–Trinajstić information content (AvgIpc) is 1.78. The fourth-order valence-electron chi connectivity index (χ4n) is 1.65. The van der Waals surface area contributed by atoms with Crippen LogP contribution in [0.2, 0.25) is 0 Å². The van der Waals surface area contributed by atoms with E-state index in [0.29, 0.717) is 6.42 Å². The first kappa shape index (κ1) is 13.4. The molecule has 84 valence electrons. The lowest BCUT2D eigenvalue weighted by atomic mass is 9.80. The zero-order chi connectivity index (χ0) is 11.5. The molecule has 3 nitrogen and oxygen atoms in total. The number of carbonyl (C=O) groups is 1. The van der Waals surface area contributed by atoms with Gasteiger partial charge in [0, 0.05) is 0 Å². The molecule has 0 aromatic heterocycles. The normalized spacial score (nSPS) is 16.8. The Morgan fingerprint density at radius 1 is 1.29 bits per heavy atom. The second-order valence-electron chi connectivity index (χ2n) is 5.44. The van der Waals surface area contributed by atoms with E-state index in [0.717, 1.165) is 0 Å². The van der Waals surface area contributed by atoms with Crippen LogP contribution >= 0.6 is 0 Å². The van der Waals surface area contributed by atoms with Crippen LogP contribution in [-0.2, 0) is 4.79 Å². The van der Waals surface area contributed by atoms with Crippen LogP contribution < -0.4 is 0 Å². The summed E-state index contributed by atoms with van der Waals surface area (Å²) in [5.74, 6) is -1.60. The van der Waals surface area contributed by atoms with Gasteiger partial charge in [0.05, 0.1) is 12.0 Å². The molecule has 0 radical (unpaired) electrons.